The Hall–Kier alpha value is -2.38. The van der Waals surface area contributed by atoms with Gasteiger partial charge in [-0.25, -0.2) is 8.42 Å². The van der Waals surface area contributed by atoms with E-state index in [1.54, 1.807) is 31.4 Å². The van der Waals surface area contributed by atoms with Gasteiger partial charge in [-0.1, -0.05) is 29.8 Å². The molecule has 0 unspecified atom stereocenters. The van der Waals surface area contributed by atoms with Crippen LogP contribution in [0, 0.1) is 6.92 Å². The highest BCUT2D eigenvalue weighted by Crippen LogP contribution is 2.12. The van der Waals surface area contributed by atoms with Gasteiger partial charge in [-0.15, -0.1) is 0 Å². The molecular formula is C19H24N2O4S. The van der Waals surface area contributed by atoms with Crippen LogP contribution in [0.2, 0.25) is 0 Å². The van der Waals surface area contributed by atoms with E-state index in [4.69, 9.17) is 4.74 Å². The lowest BCUT2D eigenvalue weighted by Gasteiger charge is -2.20. The standard InChI is InChI=1S/C19H24N2O4S/c1-15-5-4-6-16(13-15)14-21(26(3,23)24)12-11-20-19(22)17-7-9-18(25-2)10-8-17/h4-10,13H,11-12,14H2,1-3H3,(H,20,22). The molecule has 2 rings (SSSR count). The fraction of sp³-hybridized carbons (Fsp3) is 0.316. The summed E-state index contributed by atoms with van der Waals surface area (Å²) in [7, 11) is -1.82. The van der Waals surface area contributed by atoms with E-state index in [1.165, 1.54) is 10.6 Å². The number of nitrogens with one attached hydrogen (secondary N) is 1. The maximum absolute atomic E-state index is 12.2. The first-order valence-electron chi connectivity index (χ1n) is 8.22. The van der Waals surface area contributed by atoms with Crippen LogP contribution < -0.4 is 10.1 Å². The monoisotopic (exact) mass is 376 g/mol. The summed E-state index contributed by atoms with van der Waals surface area (Å²) in [4.78, 5) is 12.2. The zero-order valence-electron chi connectivity index (χ0n) is 15.2. The van der Waals surface area contributed by atoms with E-state index in [-0.39, 0.29) is 25.5 Å². The van der Waals surface area contributed by atoms with Gasteiger partial charge >= 0.3 is 0 Å². The van der Waals surface area contributed by atoms with Gasteiger partial charge < -0.3 is 10.1 Å². The van der Waals surface area contributed by atoms with Crippen molar-refractivity contribution in [1.82, 2.24) is 9.62 Å². The quantitative estimate of drug-likeness (QED) is 0.766. The van der Waals surface area contributed by atoms with Crippen molar-refractivity contribution in [3.05, 3.63) is 65.2 Å². The van der Waals surface area contributed by atoms with Crippen LogP contribution in [0.4, 0.5) is 0 Å². The maximum Gasteiger partial charge on any atom is 0.251 e. The molecule has 0 aliphatic carbocycles. The van der Waals surface area contributed by atoms with Gasteiger partial charge in [0.1, 0.15) is 5.75 Å². The molecule has 2 aromatic carbocycles. The third-order valence-electron chi connectivity index (χ3n) is 3.91. The molecule has 1 amide bonds. The molecule has 0 aliphatic rings. The van der Waals surface area contributed by atoms with E-state index in [0.717, 1.165) is 11.1 Å². The van der Waals surface area contributed by atoms with E-state index in [1.807, 2.05) is 31.2 Å². The average Bonchev–Trinajstić information content (AvgIpc) is 2.60. The van der Waals surface area contributed by atoms with Crippen LogP contribution in [-0.2, 0) is 16.6 Å². The van der Waals surface area contributed by atoms with Crippen molar-refractivity contribution in [2.24, 2.45) is 0 Å². The molecule has 140 valence electrons. The first-order valence-corrected chi connectivity index (χ1v) is 10.1. The first kappa shape index (κ1) is 19.9. The summed E-state index contributed by atoms with van der Waals surface area (Å²) < 4.78 is 30.5. The van der Waals surface area contributed by atoms with E-state index in [0.29, 0.717) is 11.3 Å². The zero-order valence-corrected chi connectivity index (χ0v) is 16.0. The van der Waals surface area contributed by atoms with Crippen LogP contribution in [0.1, 0.15) is 21.5 Å². The predicted molar refractivity (Wildman–Crippen MR) is 102 cm³/mol. The van der Waals surface area contributed by atoms with Crippen LogP contribution in [0.25, 0.3) is 0 Å². The molecule has 0 aromatic heterocycles. The normalized spacial score (nSPS) is 11.4. The molecule has 0 aliphatic heterocycles. The van der Waals surface area contributed by atoms with Crippen LogP contribution in [-0.4, -0.2) is 45.1 Å². The van der Waals surface area contributed by atoms with Crippen molar-refractivity contribution >= 4 is 15.9 Å². The second-order valence-corrected chi connectivity index (χ2v) is 8.05. The molecule has 0 fully saturated rings. The Kier molecular flexibility index (Phi) is 6.76. The molecule has 6 nitrogen and oxygen atoms in total. The van der Waals surface area contributed by atoms with Gasteiger partial charge in [-0.2, -0.15) is 4.31 Å². The number of carbonyl (C=O) groups is 1. The molecule has 0 atom stereocenters. The molecule has 2 aromatic rings. The third kappa shape index (κ3) is 5.86. The number of ether oxygens (including phenoxy) is 1. The van der Waals surface area contributed by atoms with E-state index in [9.17, 15) is 13.2 Å². The minimum absolute atomic E-state index is 0.203. The maximum atomic E-state index is 12.2. The number of hydrogen-bond donors (Lipinski definition) is 1. The van der Waals surface area contributed by atoms with Gasteiger partial charge in [-0.05, 0) is 36.8 Å². The average molecular weight is 376 g/mol. The molecule has 1 N–H and O–H groups in total. The second-order valence-electron chi connectivity index (χ2n) is 6.07. The third-order valence-corrected chi connectivity index (χ3v) is 5.16. The Morgan fingerprint density at radius 2 is 1.85 bits per heavy atom. The molecule has 0 bridgehead atoms. The van der Waals surface area contributed by atoms with Gasteiger partial charge in [0.25, 0.3) is 5.91 Å². The minimum atomic E-state index is -3.38. The highest BCUT2D eigenvalue weighted by atomic mass is 32.2. The molecule has 0 saturated heterocycles. The number of nitrogens with zero attached hydrogens (tertiary/aromatic N) is 1. The number of hydrogen-bond acceptors (Lipinski definition) is 4. The van der Waals surface area contributed by atoms with E-state index < -0.39 is 10.0 Å². The highest BCUT2D eigenvalue weighted by Gasteiger charge is 2.17. The van der Waals surface area contributed by atoms with Crippen LogP contribution in [0.3, 0.4) is 0 Å². The summed E-state index contributed by atoms with van der Waals surface area (Å²) in [6.07, 6.45) is 1.17. The topological polar surface area (TPSA) is 75.7 Å². The Morgan fingerprint density at radius 3 is 2.42 bits per heavy atom. The van der Waals surface area contributed by atoms with Crippen molar-refractivity contribution in [3.8, 4) is 5.75 Å². The number of sulfonamides is 1. The van der Waals surface area contributed by atoms with E-state index in [2.05, 4.69) is 5.32 Å². The number of amides is 1. The Balaban J connectivity index is 1.95. The minimum Gasteiger partial charge on any atom is -0.497 e. The molecule has 0 heterocycles. The fourth-order valence-electron chi connectivity index (χ4n) is 2.51. The van der Waals surface area contributed by atoms with Crippen molar-refractivity contribution < 1.29 is 17.9 Å². The molecule has 0 saturated carbocycles. The number of benzene rings is 2. The van der Waals surface area contributed by atoms with Gasteiger partial charge in [-0.3, -0.25) is 4.79 Å². The summed E-state index contributed by atoms with van der Waals surface area (Å²) in [5, 5.41) is 2.75. The summed E-state index contributed by atoms with van der Waals surface area (Å²) in [5.41, 5.74) is 2.48. The lowest BCUT2D eigenvalue weighted by molar-refractivity contribution is 0.0951. The largest absolute Gasteiger partial charge is 0.497 e. The van der Waals surface area contributed by atoms with Crippen LogP contribution in [0.5, 0.6) is 5.75 Å². The molecule has 26 heavy (non-hydrogen) atoms. The zero-order chi connectivity index (χ0) is 19.2. The molecule has 7 heteroatoms. The van der Waals surface area contributed by atoms with Gasteiger partial charge in [0, 0.05) is 25.2 Å². The predicted octanol–water partition coefficient (Wildman–Crippen LogP) is 2.20. The van der Waals surface area contributed by atoms with Gasteiger partial charge in [0.2, 0.25) is 10.0 Å². The highest BCUT2D eigenvalue weighted by molar-refractivity contribution is 7.88. The van der Waals surface area contributed by atoms with Crippen LogP contribution in [0.15, 0.2) is 48.5 Å². The second kappa shape index (κ2) is 8.82. The number of carbonyl (C=O) groups excluding carboxylic acids is 1. The van der Waals surface area contributed by atoms with Crippen LogP contribution >= 0.6 is 0 Å². The Labute approximate surface area is 154 Å². The summed E-state index contributed by atoms with van der Waals surface area (Å²) >= 11 is 0. The molecular weight excluding hydrogens is 352 g/mol. The number of aryl methyl sites for hydroxylation is 1. The first-order chi connectivity index (χ1) is 12.3. The number of methoxy groups -OCH3 is 1. The Bertz CT molecular complexity index is 848. The van der Waals surface area contributed by atoms with Crippen molar-refractivity contribution in [2.75, 3.05) is 26.5 Å². The lowest BCUT2D eigenvalue weighted by Crippen LogP contribution is -2.37. The summed E-state index contributed by atoms with van der Waals surface area (Å²) in [6, 6.07) is 14.4. The smallest absolute Gasteiger partial charge is 0.251 e. The van der Waals surface area contributed by atoms with Crippen molar-refractivity contribution in [1.29, 1.82) is 0 Å². The van der Waals surface area contributed by atoms with E-state index >= 15 is 0 Å². The number of rotatable bonds is 8. The van der Waals surface area contributed by atoms with Crippen molar-refractivity contribution in [3.63, 3.8) is 0 Å². The van der Waals surface area contributed by atoms with Crippen molar-refractivity contribution in [2.45, 2.75) is 13.5 Å². The van der Waals surface area contributed by atoms with Gasteiger partial charge in [0.15, 0.2) is 0 Å². The fourth-order valence-corrected chi connectivity index (χ4v) is 3.32. The Morgan fingerprint density at radius 1 is 1.15 bits per heavy atom. The van der Waals surface area contributed by atoms with Gasteiger partial charge in [0.05, 0.1) is 13.4 Å². The molecule has 0 radical (unpaired) electrons. The molecule has 0 spiro atoms. The SMILES string of the molecule is COc1ccc(C(=O)NCCN(Cc2cccc(C)c2)S(C)(=O)=O)cc1. The lowest BCUT2D eigenvalue weighted by atomic mass is 10.1. The summed E-state index contributed by atoms with van der Waals surface area (Å²) in [5.74, 6) is 0.416. The summed E-state index contributed by atoms with van der Waals surface area (Å²) in [6.45, 7) is 2.67.